The Bertz CT molecular complexity index is 694. The molecular formula is C18H18FNO. The lowest BCUT2D eigenvalue weighted by Gasteiger charge is -2.19. The first-order chi connectivity index (χ1) is 10.2. The fraction of sp³-hybridized carbons (Fsp3) is 0.278. The third kappa shape index (κ3) is 2.68. The van der Waals surface area contributed by atoms with E-state index < -0.39 is 5.82 Å². The van der Waals surface area contributed by atoms with E-state index in [2.05, 4.69) is 11.4 Å². The molecule has 3 heteroatoms. The third-order valence-corrected chi connectivity index (χ3v) is 4.08. The van der Waals surface area contributed by atoms with Crippen LogP contribution in [0.2, 0.25) is 0 Å². The molecule has 0 heterocycles. The first-order valence-corrected chi connectivity index (χ1v) is 7.34. The minimum atomic E-state index is -0.445. The van der Waals surface area contributed by atoms with E-state index in [1.54, 1.807) is 19.1 Å². The van der Waals surface area contributed by atoms with Crippen LogP contribution in [0.1, 0.15) is 39.9 Å². The van der Waals surface area contributed by atoms with Gasteiger partial charge in [-0.05, 0) is 61.4 Å². The molecule has 0 bridgehead atoms. The van der Waals surface area contributed by atoms with E-state index in [9.17, 15) is 9.18 Å². The lowest BCUT2D eigenvalue weighted by Crippen LogP contribution is -2.17. The van der Waals surface area contributed by atoms with Gasteiger partial charge in [-0.25, -0.2) is 4.39 Å². The molecule has 2 nitrogen and oxygen atoms in total. The molecule has 0 saturated heterocycles. The van der Waals surface area contributed by atoms with Crippen LogP contribution in [0, 0.1) is 12.7 Å². The highest BCUT2D eigenvalue weighted by atomic mass is 19.1. The summed E-state index contributed by atoms with van der Waals surface area (Å²) in [7, 11) is 0. The molecule has 0 saturated carbocycles. The van der Waals surface area contributed by atoms with Crippen molar-refractivity contribution in [2.24, 2.45) is 0 Å². The van der Waals surface area contributed by atoms with Crippen molar-refractivity contribution in [3.63, 3.8) is 0 Å². The van der Waals surface area contributed by atoms with Gasteiger partial charge in [-0.15, -0.1) is 0 Å². The lowest BCUT2D eigenvalue weighted by molar-refractivity contribution is 0.102. The maximum atomic E-state index is 14.0. The second-order valence-electron chi connectivity index (χ2n) is 5.54. The van der Waals surface area contributed by atoms with E-state index in [4.69, 9.17) is 0 Å². The molecule has 0 aliphatic heterocycles. The molecule has 0 fully saturated rings. The van der Waals surface area contributed by atoms with Gasteiger partial charge in [0.1, 0.15) is 5.82 Å². The standard InChI is InChI=1S/C18H18FNO/c1-12-6-4-10-15(17(12)19)18(21)20-16-11-5-8-13-7-2-3-9-14(13)16/h4-6,8,10-11H,2-3,7,9H2,1H3,(H,20,21). The SMILES string of the molecule is Cc1cccc(C(=O)Nc2cccc3c2CCCC3)c1F. The topological polar surface area (TPSA) is 29.1 Å². The number of benzene rings is 2. The zero-order chi connectivity index (χ0) is 14.8. The normalized spacial score (nSPS) is 13.6. The van der Waals surface area contributed by atoms with Crippen molar-refractivity contribution in [2.45, 2.75) is 32.6 Å². The van der Waals surface area contributed by atoms with Gasteiger partial charge in [-0.1, -0.05) is 24.3 Å². The summed E-state index contributed by atoms with van der Waals surface area (Å²) in [6.07, 6.45) is 4.36. The Balaban J connectivity index is 1.90. The summed E-state index contributed by atoms with van der Waals surface area (Å²) in [5, 5.41) is 2.88. The van der Waals surface area contributed by atoms with Gasteiger partial charge in [0.05, 0.1) is 5.56 Å². The van der Waals surface area contributed by atoms with E-state index in [1.165, 1.54) is 23.6 Å². The number of nitrogens with one attached hydrogen (secondary N) is 1. The first kappa shape index (κ1) is 13.8. The molecule has 2 aromatic carbocycles. The summed E-state index contributed by atoms with van der Waals surface area (Å²) >= 11 is 0. The predicted octanol–water partition coefficient (Wildman–Crippen LogP) is 4.27. The van der Waals surface area contributed by atoms with E-state index in [-0.39, 0.29) is 11.5 Å². The maximum absolute atomic E-state index is 14.0. The highest BCUT2D eigenvalue weighted by Gasteiger charge is 2.17. The van der Waals surface area contributed by atoms with Gasteiger partial charge in [0.25, 0.3) is 5.91 Å². The number of fused-ring (bicyclic) bond motifs is 1. The van der Waals surface area contributed by atoms with Gasteiger partial charge in [-0.3, -0.25) is 4.79 Å². The largest absolute Gasteiger partial charge is 0.322 e. The van der Waals surface area contributed by atoms with Crippen LogP contribution in [0.5, 0.6) is 0 Å². The minimum Gasteiger partial charge on any atom is -0.322 e. The third-order valence-electron chi connectivity index (χ3n) is 4.08. The number of hydrogen-bond acceptors (Lipinski definition) is 1. The summed E-state index contributed by atoms with van der Waals surface area (Å²) in [4.78, 5) is 12.3. The van der Waals surface area contributed by atoms with Gasteiger partial charge in [0, 0.05) is 5.69 Å². The average molecular weight is 283 g/mol. The van der Waals surface area contributed by atoms with Crippen molar-refractivity contribution in [1.29, 1.82) is 0 Å². The fourth-order valence-corrected chi connectivity index (χ4v) is 2.91. The van der Waals surface area contributed by atoms with E-state index in [0.29, 0.717) is 5.56 Å². The van der Waals surface area contributed by atoms with Crippen LogP contribution in [0.4, 0.5) is 10.1 Å². The number of hydrogen-bond donors (Lipinski definition) is 1. The highest BCUT2D eigenvalue weighted by molar-refractivity contribution is 6.05. The Kier molecular flexibility index (Phi) is 3.74. The van der Waals surface area contributed by atoms with Crippen LogP contribution in [0.25, 0.3) is 0 Å². The molecule has 3 rings (SSSR count). The van der Waals surface area contributed by atoms with Crippen molar-refractivity contribution in [3.8, 4) is 0 Å². The second kappa shape index (κ2) is 5.68. The molecule has 108 valence electrons. The fourth-order valence-electron chi connectivity index (χ4n) is 2.91. The molecule has 1 aliphatic rings. The zero-order valence-electron chi connectivity index (χ0n) is 12.1. The molecule has 1 aliphatic carbocycles. The Morgan fingerprint density at radius 3 is 2.71 bits per heavy atom. The molecular weight excluding hydrogens is 265 g/mol. The molecule has 1 N–H and O–H groups in total. The predicted molar refractivity (Wildman–Crippen MR) is 82.2 cm³/mol. The lowest BCUT2D eigenvalue weighted by atomic mass is 9.90. The maximum Gasteiger partial charge on any atom is 0.258 e. The molecule has 2 aromatic rings. The van der Waals surface area contributed by atoms with E-state index in [1.807, 2.05) is 12.1 Å². The van der Waals surface area contributed by atoms with Crippen molar-refractivity contribution < 1.29 is 9.18 Å². The van der Waals surface area contributed by atoms with Gasteiger partial charge in [0.2, 0.25) is 0 Å². The van der Waals surface area contributed by atoms with Crippen molar-refractivity contribution in [3.05, 3.63) is 64.5 Å². The van der Waals surface area contributed by atoms with Gasteiger partial charge in [-0.2, -0.15) is 0 Å². The average Bonchev–Trinajstić information content (AvgIpc) is 2.50. The highest BCUT2D eigenvalue weighted by Crippen LogP contribution is 2.28. The summed E-state index contributed by atoms with van der Waals surface area (Å²) in [6.45, 7) is 1.66. The first-order valence-electron chi connectivity index (χ1n) is 7.34. The van der Waals surface area contributed by atoms with Crippen LogP contribution >= 0.6 is 0 Å². The van der Waals surface area contributed by atoms with Crippen molar-refractivity contribution >= 4 is 11.6 Å². The number of amides is 1. The quantitative estimate of drug-likeness (QED) is 0.876. The van der Waals surface area contributed by atoms with Gasteiger partial charge >= 0.3 is 0 Å². The monoisotopic (exact) mass is 283 g/mol. The van der Waals surface area contributed by atoms with Gasteiger partial charge in [0.15, 0.2) is 0 Å². The number of carbonyl (C=O) groups is 1. The van der Waals surface area contributed by atoms with Crippen LogP contribution in [-0.2, 0) is 12.8 Å². The summed E-state index contributed by atoms with van der Waals surface area (Å²) in [5.41, 5.74) is 3.90. The molecule has 1 amide bonds. The number of carbonyl (C=O) groups excluding carboxylic acids is 1. The smallest absolute Gasteiger partial charge is 0.258 e. The number of aryl methyl sites for hydroxylation is 2. The molecule has 0 spiro atoms. The van der Waals surface area contributed by atoms with Crippen LogP contribution < -0.4 is 5.32 Å². The Morgan fingerprint density at radius 1 is 1.10 bits per heavy atom. The summed E-state index contributed by atoms with van der Waals surface area (Å²) in [6, 6.07) is 10.8. The molecule has 0 atom stereocenters. The number of anilines is 1. The Hall–Kier alpha value is -2.16. The van der Waals surface area contributed by atoms with Crippen LogP contribution in [-0.4, -0.2) is 5.91 Å². The van der Waals surface area contributed by atoms with E-state index >= 15 is 0 Å². The Morgan fingerprint density at radius 2 is 1.86 bits per heavy atom. The van der Waals surface area contributed by atoms with Gasteiger partial charge < -0.3 is 5.32 Å². The van der Waals surface area contributed by atoms with Crippen LogP contribution in [0.15, 0.2) is 36.4 Å². The second-order valence-corrected chi connectivity index (χ2v) is 5.54. The molecule has 21 heavy (non-hydrogen) atoms. The summed E-state index contributed by atoms with van der Waals surface area (Å²) < 4.78 is 14.0. The molecule has 0 radical (unpaired) electrons. The minimum absolute atomic E-state index is 0.100. The molecule has 0 aromatic heterocycles. The van der Waals surface area contributed by atoms with Crippen molar-refractivity contribution in [1.82, 2.24) is 0 Å². The zero-order valence-corrected chi connectivity index (χ0v) is 12.1. The number of halogens is 1. The number of rotatable bonds is 2. The summed E-state index contributed by atoms with van der Waals surface area (Å²) in [5.74, 6) is -0.824. The van der Waals surface area contributed by atoms with Crippen molar-refractivity contribution in [2.75, 3.05) is 5.32 Å². The molecule has 0 unspecified atom stereocenters. The van der Waals surface area contributed by atoms with E-state index in [0.717, 1.165) is 24.9 Å². The Labute approximate surface area is 124 Å². The van der Waals surface area contributed by atoms with Crippen LogP contribution in [0.3, 0.4) is 0 Å².